The number of rotatable bonds is 5. The zero-order valence-electron chi connectivity index (χ0n) is 15.2. The molecule has 2 aromatic rings. The molecule has 1 aliphatic heterocycles. The molecule has 1 aliphatic rings. The first-order valence-electron chi connectivity index (χ1n) is 8.46. The van der Waals surface area contributed by atoms with E-state index in [0.717, 1.165) is 22.4 Å². The molecule has 0 aliphatic carbocycles. The van der Waals surface area contributed by atoms with Crippen LogP contribution in [0.5, 0.6) is 17.2 Å². The summed E-state index contributed by atoms with van der Waals surface area (Å²) in [7, 11) is 0. The summed E-state index contributed by atoms with van der Waals surface area (Å²) in [5.74, 6) is 1.79. The quantitative estimate of drug-likeness (QED) is 0.662. The van der Waals surface area contributed by atoms with E-state index in [-0.39, 0.29) is 12.5 Å². The summed E-state index contributed by atoms with van der Waals surface area (Å²) >= 11 is 0. The molecule has 136 valence electrons. The standard InChI is InChI=1S/C20H22N2O4/c1-13-4-5-14(2)18(10-13)26-12-20(23)22-21-15(3)16-6-7-17-19(11-16)25-9-8-24-17/h4-7,10-11H,8-9,12H2,1-3H3,(H,22,23)/b21-15+. The lowest BCUT2D eigenvalue weighted by atomic mass is 10.1. The smallest absolute Gasteiger partial charge is 0.277 e. The highest BCUT2D eigenvalue weighted by Gasteiger charge is 2.13. The molecular formula is C20H22N2O4. The van der Waals surface area contributed by atoms with Crippen LogP contribution in [0.25, 0.3) is 0 Å². The van der Waals surface area contributed by atoms with E-state index < -0.39 is 0 Å². The summed E-state index contributed by atoms with van der Waals surface area (Å²) in [4.78, 5) is 12.0. The fourth-order valence-corrected chi connectivity index (χ4v) is 2.52. The van der Waals surface area contributed by atoms with Crippen LogP contribution in [0, 0.1) is 13.8 Å². The van der Waals surface area contributed by atoms with Gasteiger partial charge in [-0.15, -0.1) is 0 Å². The van der Waals surface area contributed by atoms with Gasteiger partial charge in [0.25, 0.3) is 5.91 Å². The summed E-state index contributed by atoms with van der Waals surface area (Å²) in [5.41, 5.74) is 6.11. The molecule has 2 aromatic carbocycles. The summed E-state index contributed by atoms with van der Waals surface area (Å²) < 4.78 is 16.6. The molecule has 0 atom stereocenters. The molecule has 1 amide bonds. The van der Waals surface area contributed by atoms with Crippen molar-refractivity contribution in [3.63, 3.8) is 0 Å². The Morgan fingerprint density at radius 2 is 1.88 bits per heavy atom. The normalized spacial score (nSPS) is 13.3. The number of nitrogens with one attached hydrogen (secondary N) is 1. The molecule has 0 saturated heterocycles. The fraction of sp³-hybridized carbons (Fsp3) is 0.300. The number of ether oxygens (including phenoxy) is 3. The molecule has 26 heavy (non-hydrogen) atoms. The van der Waals surface area contributed by atoms with Gasteiger partial charge in [-0.1, -0.05) is 12.1 Å². The highest BCUT2D eigenvalue weighted by atomic mass is 16.6. The molecule has 1 N–H and O–H groups in total. The van der Waals surface area contributed by atoms with Crippen molar-refractivity contribution in [3.8, 4) is 17.2 Å². The fourth-order valence-electron chi connectivity index (χ4n) is 2.52. The van der Waals surface area contributed by atoms with Crippen LogP contribution in [-0.2, 0) is 4.79 Å². The largest absolute Gasteiger partial charge is 0.486 e. The SMILES string of the molecule is C/C(=N\NC(=O)COc1cc(C)ccc1C)c1ccc2c(c1)OCCO2. The monoisotopic (exact) mass is 354 g/mol. The average Bonchev–Trinajstić information content (AvgIpc) is 2.66. The average molecular weight is 354 g/mol. The predicted molar refractivity (Wildman–Crippen MR) is 99.2 cm³/mol. The third kappa shape index (κ3) is 4.33. The number of carbonyl (C=O) groups excluding carboxylic acids is 1. The number of aryl methyl sites for hydroxylation is 2. The van der Waals surface area contributed by atoms with Crippen LogP contribution in [0.15, 0.2) is 41.5 Å². The van der Waals surface area contributed by atoms with Crippen LogP contribution >= 0.6 is 0 Å². The molecular weight excluding hydrogens is 332 g/mol. The van der Waals surface area contributed by atoms with E-state index in [1.807, 2.05) is 57.2 Å². The van der Waals surface area contributed by atoms with Gasteiger partial charge in [0.2, 0.25) is 0 Å². The second-order valence-electron chi connectivity index (χ2n) is 6.15. The third-order valence-corrected chi connectivity index (χ3v) is 4.01. The van der Waals surface area contributed by atoms with Crippen molar-refractivity contribution in [2.45, 2.75) is 20.8 Å². The van der Waals surface area contributed by atoms with Crippen molar-refractivity contribution < 1.29 is 19.0 Å². The molecule has 0 bridgehead atoms. The van der Waals surface area contributed by atoms with Crippen LogP contribution in [0.1, 0.15) is 23.6 Å². The Balaban J connectivity index is 1.58. The maximum Gasteiger partial charge on any atom is 0.277 e. The Kier molecular flexibility index (Phi) is 5.41. The van der Waals surface area contributed by atoms with Gasteiger partial charge in [0.15, 0.2) is 18.1 Å². The Labute approximate surface area is 152 Å². The lowest BCUT2D eigenvalue weighted by Gasteiger charge is -2.18. The number of carbonyl (C=O) groups is 1. The van der Waals surface area contributed by atoms with Crippen LogP contribution < -0.4 is 19.6 Å². The summed E-state index contributed by atoms with van der Waals surface area (Å²) in [6.07, 6.45) is 0. The molecule has 6 nitrogen and oxygen atoms in total. The second-order valence-corrected chi connectivity index (χ2v) is 6.15. The van der Waals surface area contributed by atoms with Gasteiger partial charge in [-0.3, -0.25) is 4.79 Å². The highest BCUT2D eigenvalue weighted by Crippen LogP contribution is 2.30. The Bertz CT molecular complexity index is 846. The maximum absolute atomic E-state index is 12.0. The summed E-state index contributed by atoms with van der Waals surface area (Å²) in [5, 5.41) is 4.14. The lowest BCUT2D eigenvalue weighted by molar-refractivity contribution is -0.123. The number of hydrazone groups is 1. The van der Waals surface area contributed by atoms with E-state index in [9.17, 15) is 4.79 Å². The zero-order chi connectivity index (χ0) is 18.5. The molecule has 0 saturated carbocycles. The number of hydrogen-bond donors (Lipinski definition) is 1. The minimum absolute atomic E-state index is 0.0950. The van der Waals surface area contributed by atoms with E-state index in [2.05, 4.69) is 10.5 Å². The number of hydrogen-bond acceptors (Lipinski definition) is 5. The number of benzene rings is 2. The predicted octanol–water partition coefficient (Wildman–Crippen LogP) is 2.99. The zero-order valence-corrected chi connectivity index (χ0v) is 15.2. The summed E-state index contributed by atoms with van der Waals surface area (Å²) in [6.45, 7) is 6.72. The van der Waals surface area contributed by atoms with Gasteiger partial charge in [0.05, 0.1) is 5.71 Å². The molecule has 1 heterocycles. The van der Waals surface area contributed by atoms with Gasteiger partial charge in [-0.2, -0.15) is 5.10 Å². The van der Waals surface area contributed by atoms with Gasteiger partial charge >= 0.3 is 0 Å². The van der Waals surface area contributed by atoms with Crippen molar-refractivity contribution >= 4 is 11.6 Å². The van der Waals surface area contributed by atoms with Crippen LogP contribution in [0.3, 0.4) is 0 Å². The van der Waals surface area contributed by atoms with Gasteiger partial charge in [-0.25, -0.2) is 5.43 Å². The van der Waals surface area contributed by atoms with E-state index in [4.69, 9.17) is 14.2 Å². The maximum atomic E-state index is 12.0. The minimum atomic E-state index is -0.317. The highest BCUT2D eigenvalue weighted by molar-refractivity contribution is 5.99. The molecule has 6 heteroatoms. The second kappa shape index (κ2) is 7.91. The number of amides is 1. The Hall–Kier alpha value is -3.02. The van der Waals surface area contributed by atoms with Gasteiger partial charge < -0.3 is 14.2 Å². The number of fused-ring (bicyclic) bond motifs is 1. The van der Waals surface area contributed by atoms with Crippen molar-refractivity contribution in [3.05, 3.63) is 53.1 Å². The molecule has 0 spiro atoms. The van der Waals surface area contributed by atoms with E-state index in [0.29, 0.717) is 30.4 Å². The van der Waals surface area contributed by atoms with Crippen molar-refractivity contribution in [1.29, 1.82) is 0 Å². The minimum Gasteiger partial charge on any atom is -0.486 e. The Morgan fingerprint density at radius 1 is 1.12 bits per heavy atom. The first-order chi connectivity index (χ1) is 12.5. The lowest BCUT2D eigenvalue weighted by Crippen LogP contribution is -2.25. The van der Waals surface area contributed by atoms with E-state index in [1.54, 1.807) is 0 Å². The molecule has 0 aromatic heterocycles. The first kappa shape index (κ1) is 17.8. The van der Waals surface area contributed by atoms with E-state index >= 15 is 0 Å². The molecule has 0 unspecified atom stereocenters. The van der Waals surface area contributed by atoms with Crippen LogP contribution in [0.4, 0.5) is 0 Å². The number of nitrogens with zero attached hydrogens (tertiary/aromatic N) is 1. The molecule has 0 fully saturated rings. The third-order valence-electron chi connectivity index (χ3n) is 4.01. The van der Waals surface area contributed by atoms with Gasteiger partial charge in [0.1, 0.15) is 19.0 Å². The molecule has 3 rings (SSSR count). The van der Waals surface area contributed by atoms with Gasteiger partial charge in [0, 0.05) is 5.56 Å². The topological polar surface area (TPSA) is 69.2 Å². The van der Waals surface area contributed by atoms with Crippen LogP contribution in [0.2, 0.25) is 0 Å². The van der Waals surface area contributed by atoms with Crippen molar-refractivity contribution in [1.82, 2.24) is 5.43 Å². The first-order valence-corrected chi connectivity index (χ1v) is 8.46. The van der Waals surface area contributed by atoms with Crippen LogP contribution in [-0.4, -0.2) is 31.4 Å². The van der Waals surface area contributed by atoms with Gasteiger partial charge in [-0.05, 0) is 56.2 Å². The van der Waals surface area contributed by atoms with Crippen molar-refractivity contribution in [2.24, 2.45) is 5.10 Å². The summed E-state index contributed by atoms with van der Waals surface area (Å²) in [6, 6.07) is 11.5. The molecule has 0 radical (unpaired) electrons. The van der Waals surface area contributed by atoms with E-state index in [1.165, 1.54) is 0 Å². The van der Waals surface area contributed by atoms with Crippen molar-refractivity contribution in [2.75, 3.05) is 19.8 Å². The Morgan fingerprint density at radius 3 is 2.69 bits per heavy atom.